The number of hydrogen-bond acceptors (Lipinski definition) is 8. The standard InChI is InChI=1S/C27H40N8O3/c1-17(2)22-14-28-35-24(22)29-18(3)30-25(35)31-19-12-20-9-10-21(13-19)34(20)26(37)38-27(4)15-33(16-27)23(36)8-7-11-32(5)6/h7-8,14,17,19-21H,9-13,15-16H2,1-6H3,(H,29,30,31)/b8-7+. The van der Waals surface area contributed by atoms with E-state index in [-0.39, 0.29) is 30.1 Å². The Morgan fingerprint density at radius 3 is 2.53 bits per heavy atom. The fourth-order valence-corrected chi connectivity index (χ4v) is 5.99. The van der Waals surface area contributed by atoms with Gasteiger partial charge in [-0.1, -0.05) is 19.9 Å². The molecule has 2 atom stereocenters. The van der Waals surface area contributed by atoms with Gasteiger partial charge in [-0.3, -0.25) is 4.79 Å². The Bertz CT molecular complexity index is 1220. The maximum atomic E-state index is 13.3. The highest BCUT2D eigenvalue weighted by molar-refractivity contribution is 5.88. The number of ether oxygens (including phenoxy) is 1. The van der Waals surface area contributed by atoms with Crippen molar-refractivity contribution in [3.8, 4) is 0 Å². The molecule has 3 saturated heterocycles. The predicted octanol–water partition coefficient (Wildman–Crippen LogP) is 2.82. The molecule has 1 N–H and O–H groups in total. The van der Waals surface area contributed by atoms with Gasteiger partial charge in [0.25, 0.3) is 0 Å². The second-order valence-electron chi connectivity index (χ2n) is 11.9. The van der Waals surface area contributed by atoms with Gasteiger partial charge in [-0.05, 0) is 59.5 Å². The molecule has 11 nitrogen and oxygen atoms in total. The summed E-state index contributed by atoms with van der Waals surface area (Å²) in [5.74, 6) is 1.69. The van der Waals surface area contributed by atoms with Crippen LogP contribution in [0.1, 0.15) is 63.8 Å². The highest BCUT2D eigenvalue weighted by Crippen LogP contribution is 2.38. The lowest BCUT2D eigenvalue weighted by Gasteiger charge is -2.48. The number of carbonyl (C=O) groups excluding carboxylic acids is 2. The molecule has 0 spiro atoms. The monoisotopic (exact) mass is 524 g/mol. The van der Waals surface area contributed by atoms with Crippen molar-refractivity contribution >= 4 is 23.6 Å². The van der Waals surface area contributed by atoms with Gasteiger partial charge < -0.3 is 24.8 Å². The van der Waals surface area contributed by atoms with E-state index in [0.717, 1.165) is 36.9 Å². The Morgan fingerprint density at radius 2 is 1.89 bits per heavy atom. The third kappa shape index (κ3) is 5.21. The highest BCUT2D eigenvalue weighted by atomic mass is 16.6. The minimum absolute atomic E-state index is 0.0425. The van der Waals surface area contributed by atoms with Gasteiger partial charge in [0.1, 0.15) is 11.4 Å². The molecule has 2 aromatic heterocycles. The number of amides is 2. The Labute approximate surface area is 224 Å². The number of hydrogen-bond donors (Lipinski definition) is 1. The number of carbonyl (C=O) groups is 2. The first kappa shape index (κ1) is 26.4. The minimum atomic E-state index is -0.644. The number of nitrogens with zero attached hydrogens (tertiary/aromatic N) is 7. The number of likely N-dealkylation sites (tertiary alicyclic amines) is 1. The van der Waals surface area contributed by atoms with Crippen molar-refractivity contribution in [1.82, 2.24) is 34.3 Å². The van der Waals surface area contributed by atoms with Crippen LogP contribution in [-0.2, 0) is 9.53 Å². The van der Waals surface area contributed by atoms with Crippen molar-refractivity contribution in [3.05, 3.63) is 29.7 Å². The molecule has 5 rings (SSSR count). The number of anilines is 1. The molecule has 2 unspecified atom stereocenters. The van der Waals surface area contributed by atoms with Gasteiger partial charge >= 0.3 is 6.09 Å². The van der Waals surface area contributed by atoms with Crippen molar-refractivity contribution in [1.29, 1.82) is 0 Å². The molecule has 0 aromatic carbocycles. The Kier molecular flexibility index (Phi) is 7.06. The maximum absolute atomic E-state index is 13.3. The topological polar surface area (TPSA) is 108 Å². The number of fused-ring (bicyclic) bond motifs is 3. The van der Waals surface area contributed by atoms with Crippen LogP contribution in [0.3, 0.4) is 0 Å². The second kappa shape index (κ2) is 10.2. The van der Waals surface area contributed by atoms with Crippen molar-refractivity contribution in [2.45, 2.75) is 83.0 Å². The smallest absolute Gasteiger partial charge is 0.410 e. The average molecular weight is 525 g/mol. The zero-order chi connectivity index (χ0) is 27.2. The highest BCUT2D eigenvalue weighted by Gasteiger charge is 2.49. The molecule has 11 heteroatoms. The van der Waals surface area contributed by atoms with Gasteiger partial charge in [-0.2, -0.15) is 14.6 Å². The third-order valence-corrected chi connectivity index (χ3v) is 7.83. The van der Waals surface area contributed by atoms with E-state index in [2.05, 4.69) is 34.2 Å². The lowest BCUT2D eigenvalue weighted by atomic mass is 9.95. The first-order valence-corrected chi connectivity index (χ1v) is 13.6. The average Bonchev–Trinajstić information content (AvgIpc) is 3.36. The zero-order valence-electron chi connectivity index (χ0n) is 23.3. The summed E-state index contributed by atoms with van der Waals surface area (Å²) in [4.78, 5) is 40.6. The maximum Gasteiger partial charge on any atom is 0.410 e. The molecule has 0 radical (unpaired) electrons. The first-order chi connectivity index (χ1) is 18.0. The van der Waals surface area contributed by atoms with E-state index in [1.807, 2.05) is 50.0 Å². The van der Waals surface area contributed by atoms with Gasteiger partial charge in [0.15, 0.2) is 5.65 Å². The summed E-state index contributed by atoms with van der Waals surface area (Å²) >= 11 is 0. The van der Waals surface area contributed by atoms with Gasteiger partial charge in [0.2, 0.25) is 11.9 Å². The second-order valence-corrected chi connectivity index (χ2v) is 11.9. The number of rotatable bonds is 7. The molecule has 2 bridgehead atoms. The van der Waals surface area contributed by atoms with Crippen molar-refractivity contribution in [3.63, 3.8) is 0 Å². The van der Waals surface area contributed by atoms with Crippen LogP contribution in [0.25, 0.3) is 5.65 Å². The van der Waals surface area contributed by atoms with Gasteiger partial charge in [0, 0.05) is 36.3 Å². The molecule has 3 fully saturated rings. The van der Waals surface area contributed by atoms with E-state index in [1.54, 1.807) is 15.5 Å². The van der Waals surface area contributed by atoms with Crippen LogP contribution in [0, 0.1) is 6.92 Å². The summed E-state index contributed by atoms with van der Waals surface area (Å²) < 4.78 is 7.77. The van der Waals surface area contributed by atoms with Crippen LogP contribution >= 0.6 is 0 Å². The summed E-state index contributed by atoms with van der Waals surface area (Å²) in [6.07, 6.45) is 8.64. The normalized spacial score (nSPS) is 24.5. The van der Waals surface area contributed by atoms with Crippen LogP contribution in [-0.4, -0.2) is 104 Å². The largest absolute Gasteiger partial charge is 0.439 e. The minimum Gasteiger partial charge on any atom is -0.439 e. The van der Waals surface area contributed by atoms with Crippen LogP contribution in [0.5, 0.6) is 0 Å². The van der Waals surface area contributed by atoms with Crippen LogP contribution < -0.4 is 5.32 Å². The number of aromatic nitrogens is 4. The molecule has 0 saturated carbocycles. The van der Waals surface area contributed by atoms with Crippen LogP contribution in [0.2, 0.25) is 0 Å². The molecular weight excluding hydrogens is 484 g/mol. The Morgan fingerprint density at radius 1 is 1.21 bits per heavy atom. The summed E-state index contributed by atoms with van der Waals surface area (Å²) in [6, 6.07) is 0.426. The summed E-state index contributed by atoms with van der Waals surface area (Å²) in [6.45, 7) is 9.63. The fraction of sp³-hybridized carbons (Fsp3) is 0.667. The summed E-state index contributed by atoms with van der Waals surface area (Å²) in [7, 11) is 3.91. The quantitative estimate of drug-likeness (QED) is 0.551. The number of nitrogens with one attached hydrogen (secondary N) is 1. The molecule has 0 aliphatic carbocycles. The number of piperidine rings is 1. The van der Waals surface area contributed by atoms with Crippen LogP contribution in [0.15, 0.2) is 18.3 Å². The molecule has 38 heavy (non-hydrogen) atoms. The lowest BCUT2D eigenvalue weighted by Crippen LogP contribution is -2.65. The Hall–Kier alpha value is -3.21. The molecule has 2 aromatic rings. The lowest BCUT2D eigenvalue weighted by molar-refractivity contribution is -0.149. The van der Waals surface area contributed by atoms with E-state index in [1.165, 1.54) is 0 Å². The first-order valence-electron chi connectivity index (χ1n) is 13.6. The van der Waals surface area contributed by atoms with E-state index >= 15 is 0 Å². The summed E-state index contributed by atoms with van der Waals surface area (Å²) in [5, 5.41) is 8.16. The van der Waals surface area contributed by atoms with Gasteiger partial charge in [0.05, 0.1) is 19.3 Å². The van der Waals surface area contributed by atoms with E-state index in [4.69, 9.17) is 4.74 Å². The van der Waals surface area contributed by atoms with E-state index in [9.17, 15) is 9.59 Å². The van der Waals surface area contributed by atoms with Crippen molar-refractivity contribution in [2.24, 2.45) is 0 Å². The molecular formula is C27H40N8O3. The fourth-order valence-electron chi connectivity index (χ4n) is 5.99. The number of aryl methyl sites for hydroxylation is 1. The molecule has 5 heterocycles. The molecule has 2 amide bonds. The van der Waals surface area contributed by atoms with E-state index in [0.29, 0.717) is 37.3 Å². The van der Waals surface area contributed by atoms with Crippen molar-refractivity contribution in [2.75, 3.05) is 39.0 Å². The molecule has 3 aliphatic rings. The molecule has 3 aliphatic heterocycles. The number of likely N-dealkylation sites (N-methyl/N-ethyl adjacent to an activating group) is 1. The summed E-state index contributed by atoms with van der Waals surface area (Å²) in [5.41, 5.74) is 1.30. The van der Waals surface area contributed by atoms with Crippen LogP contribution in [0.4, 0.5) is 10.7 Å². The zero-order valence-corrected chi connectivity index (χ0v) is 23.3. The van der Waals surface area contributed by atoms with Gasteiger partial charge in [-0.25, -0.2) is 9.78 Å². The Balaban J connectivity index is 1.19. The van der Waals surface area contributed by atoms with Gasteiger partial charge in [-0.15, -0.1) is 0 Å². The van der Waals surface area contributed by atoms with E-state index < -0.39 is 5.60 Å². The van der Waals surface area contributed by atoms with Crippen molar-refractivity contribution < 1.29 is 14.3 Å². The predicted molar refractivity (Wildman–Crippen MR) is 144 cm³/mol. The SMILES string of the molecule is Cc1nc(NC2CC3CCC(C2)N3C(=O)OC2(C)CN(C(=O)/C=C/CN(C)C)C2)n2ncc(C(C)C)c2n1. The molecule has 206 valence electrons. The third-order valence-electron chi connectivity index (χ3n) is 7.83.